The Balaban J connectivity index is 0.000000880. The van der Waals surface area contributed by atoms with Crippen molar-refractivity contribution in [3.8, 4) is 11.1 Å². The number of halogens is 1. The lowest BCUT2D eigenvalue weighted by Crippen LogP contribution is -1.92. The third-order valence-electron chi connectivity index (χ3n) is 3.85. The third-order valence-corrected chi connectivity index (χ3v) is 4.34. The van der Waals surface area contributed by atoms with Crippen LogP contribution < -0.4 is 0 Å². The SMILES string of the molecule is CC.O=[N+]([O-])c1cc(Br)ccc1-c1cccc2c1oc1ccccc12. The Morgan fingerprint density at radius 3 is 2.40 bits per heavy atom. The molecule has 0 aliphatic rings. The normalized spacial score (nSPS) is 10.5. The molecule has 25 heavy (non-hydrogen) atoms. The molecule has 5 heteroatoms. The quantitative estimate of drug-likeness (QED) is 0.271. The maximum Gasteiger partial charge on any atom is 0.278 e. The predicted molar refractivity (Wildman–Crippen MR) is 105 cm³/mol. The summed E-state index contributed by atoms with van der Waals surface area (Å²) in [7, 11) is 0. The summed E-state index contributed by atoms with van der Waals surface area (Å²) in [6.45, 7) is 4.00. The van der Waals surface area contributed by atoms with Crippen LogP contribution in [0.3, 0.4) is 0 Å². The number of hydrogen-bond acceptors (Lipinski definition) is 3. The van der Waals surface area contributed by atoms with E-state index in [1.54, 1.807) is 12.1 Å². The number of nitrogens with zero attached hydrogens (tertiary/aromatic N) is 1. The van der Waals surface area contributed by atoms with Gasteiger partial charge in [-0.25, -0.2) is 0 Å². The summed E-state index contributed by atoms with van der Waals surface area (Å²) < 4.78 is 6.64. The zero-order valence-electron chi connectivity index (χ0n) is 13.8. The van der Waals surface area contributed by atoms with Crippen molar-refractivity contribution in [2.24, 2.45) is 0 Å². The Morgan fingerprint density at radius 2 is 1.64 bits per heavy atom. The minimum atomic E-state index is -0.373. The van der Waals surface area contributed by atoms with Gasteiger partial charge in [-0.15, -0.1) is 0 Å². The maximum atomic E-state index is 11.4. The van der Waals surface area contributed by atoms with Crippen molar-refractivity contribution in [3.63, 3.8) is 0 Å². The summed E-state index contributed by atoms with van der Waals surface area (Å²) >= 11 is 3.29. The molecule has 0 spiro atoms. The molecule has 4 rings (SSSR count). The van der Waals surface area contributed by atoms with Gasteiger partial charge in [0.15, 0.2) is 0 Å². The van der Waals surface area contributed by atoms with Gasteiger partial charge >= 0.3 is 0 Å². The molecule has 0 fully saturated rings. The molecule has 0 saturated heterocycles. The molecule has 0 N–H and O–H groups in total. The van der Waals surface area contributed by atoms with Crippen LogP contribution in [-0.4, -0.2) is 4.92 Å². The number of rotatable bonds is 2. The summed E-state index contributed by atoms with van der Waals surface area (Å²) in [6, 6.07) is 18.5. The van der Waals surface area contributed by atoms with Gasteiger partial charge in [-0.05, 0) is 18.2 Å². The van der Waals surface area contributed by atoms with Crippen LogP contribution in [0.5, 0.6) is 0 Å². The summed E-state index contributed by atoms with van der Waals surface area (Å²) in [4.78, 5) is 11.0. The first-order valence-corrected chi connectivity index (χ1v) is 8.79. The predicted octanol–water partition coefficient (Wildman–Crippen LogP) is 6.95. The van der Waals surface area contributed by atoms with E-state index >= 15 is 0 Å². The first kappa shape index (κ1) is 17.2. The van der Waals surface area contributed by atoms with Crippen LogP contribution >= 0.6 is 15.9 Å². The van der Waals surface area contributed by atoms with E-state index in [9.17, 15) is 10.1 Å². The van der Waals surface area contributed by atoms with E-state index in [0.717, 1.165) is 21.9 Å². The average Bonchev–Trinajstić information content (AvgIpc) is 3.02. The van der Waals surface area contributed by atoms with E-state index in [2.05, 4.69) is 15.9 Å². The van der Waals surface area contributed by atoms with Crippen LogP contribution in [0.25, 0.3) is 33.1 Å². The molecular weight excluding hydrogens is 382 g/mol. The average molecular weight is 398 g/mol. The fourth-order valence-electron chi connectivity index (χ4n) is 2.84. The number of nitro groups is 1. The molecule has 4 nitrogen and oxygen atoms in total. The van der Waals surface area contributed by atoms with Gasteiger partial charge in [-0.3, -0.25) is 10.1 Å². The van der Waals surface area contributed by atoms with E-state index < -0.39 is 0 Å². The van der Waals surface area contributed by atoms with Gasteiger partial charge in [-0.1, -0.05) is 66.2 Å². The van der Waals surface area contributed by atoms with Gasteiger partial charge in [0.05, 0.1) is 10.5 Å². The smallest absolute Gasteiger partial charge is 0.278 e. The van der Waals surface area contributed by atoms with Crippen LogP contribution in [0, 0.1) is 10.1 Å². The highest BCUT2D eigenvalue weighted by Crippen LogP contribution is 2.39. The zero-order valence-corrected chi connectivity index (χ0v) is 15.4. The molecule has 4 aromatic rings. The molecule has 0 aliphatic carbocycles. The monoisotopic (exact) mass is 397 g/mol. The van der Waals surface area contributed by atoms with E-state index in [-0.39, 0.29) is 10.6 Å². The number of furan rings is 1. The third kappa shape index (κ3) is 3.03. The molecule has 126 valence electrons. The second-order valence-corrected chi connectivity index (χ2v) is 6.11. The Labute approximate surface area is 153 Å². The first-order valence-electron chi connectivity index (χ1n) is 8.00. The molecule has 0 amide bonds. The van der Waals surface area contributed by atoms with Crippen molar-refractivity contribution >= 4 is 43.6 Å². The molecule has 0 radical (unpaired) electrons. The van der Waals surface area contributed by atoms with Crippen molar-refractivity contribution < 1.29 is 9.34 Å². The highest BCUT2D eigenvalue weighted by Gasteiger charge is 2.20. The second kappa shape index (κ2) is 7.07. The highest BCUT2D eigenvalue weighted by atomic mass is 79.9. The molecule has 0 aliphatic heterocycles. The van der Waals surface area contributed by atoms with E-state index in [1.165, 1.54) is 6.07 Å². The standard InChI is InChI=1S/C18H10BrNO3.C2H6/c19-11-8-9-12(16(10-11)20(21)22)14-5-3-6-15-13-4-1-2-7-17(13)23-18(14)15;1-2/h1-10H;1-2H3. The van der Waals surface area contributed by atoms with Crippen molar-refractivity contribution in [2.75, 3.05) is 0 Å². The maximum absolute atomic E-state index is 11.4. The summed E-state index contributed by atoms with van der Waals surface area (Å²) in [5.41, 5.74) is 2.75. The lowest BCUT2D eigenvalue weighted by molar-refractivity contribution is -0.384. The lowest BCUT2D eigenvalue weighted by Gasteiger charge is -2.04. The van der Waals surface area contributed by atoms with E-state index in [4.69, 9.17) is 4.42 Å². The Morgan fingerprint density at radius 1 is 0.920 bits per heavy atom. The highest BCUT2D eigenvalue weighted by molar-refractivity contribution is 9.10. The molecule has 0 bridgehead atoms. The zero-order chi connectivity index (χ0) is 18.0. The van der Waals surface area contributed by atoms with Crippen molar-refractivity contribution in [1.82, 2.24) is 0 Å². The van der Waals surface area contributed by atoms with Crippen molar-refractivity contribution in [1.29, 1.82) is 0 Å². The van der Waals surface area contributed by atoms with E-state index in [0.29, 0.717) is 15.6 Å². The molecular formula is C20H16BrNO3. The Kier molecular flexibility index (Phi) is 4.86. The molecule has 1 aromatic heterocycles. The minimum absolute atomic E-state index is 0.0485. The van der Waals surface area contributed by atoms with Crippen LogP contribution in [-0.2, 0) is 0 Å². The molecule has 3 aromatic carbocycles. The summed E-state index contributed by atoms with van der Waals surface area (Å²) in [6.07, 6.45) is 0. The van der Waals surface area contributed by atoms with Gasteiger partial charge in [0.25, 0.3) is 5.69 Å². The Hall–Kier alpha value is -2.66. The van der Waals surface area contributed by atoms with Crippen LogP contribution in [0.4, 0.5) is 5.69 Å². The van der Waals surface area contributed by atoms with Crippen molar-refractivity contribution in [2.45, 2.75) is 13.8 Å². The van der Waals surface area contributed by atoms with Crippen LogP contribution in [0.2, 0.25) is 0 Å². The molecule has 0 atom stereocenters. The largest absolute Gasteiger partial charge is 0.455 e. The topological polar surface area (TPSA) is 56.3 Å². The molecule has 0 unspecified atom stereocenters. The van der Waals surface area contributed by atoms with Crippen LogP contribution in [0.1, 0.15) is 13.8 Å². The number of fused-ring (bicyclic) bond motifs is 3. The number of benzene rings is 3. The second-order valence-electron chi connectivity index (χ2n) is 5.20. The fourth-order valence-corrected chi connectivity index (χ4v) is 3.19. The van der Waals surface area contributed by atoms with Crippen LogP contribution in [0.15, 0.2) is 69.6 Å². The molecule has 1 heterocycles. The minimum Gasteiger partial charge on any atom is -0.455 e. The molecule has 0 saturated carbocycles. The first-order chi connectivity index (χ1) is 12.1. The number of hydrogen-bond donors (Lipinski definition) is 0. The fraction of sp³-hybridized carbons (Fsp3) is 0.100. The summed E-state index contributed by atoms with van der Waals surface area (Å²) in [5.74, 6) is 0. The lowest BCUT2D eigenvalue weighted by atomic mass is 10.0. The summed E-state index contributed by atoms with van der Waals surface area (Å²) in [5, 5.41) is 13.4. The van der Waals surface area contributed by atoms with Gasteiger partial charge in [0, 0.05) is 26.9 Å². The van der Waals surface area contributed by atoms with Gasteiger partial charge in [0.1, 0.15) is 11.2 Å². The van der Waals surface area contributed by atoms with Crippen molar-refractivity contribution in [3.05, 3.63) is 75.3 Å². The van der Waals surface area contributed by atoms with E-state index in [1.807, 2.05) is 56.3 Å². The Bertz CT molecular complexity index is 1070. The van der Waals surface area contributed by atoms with Gasteiger partial charge < -0.3 is 4.42 Å². The number of para-hydroxylation sites is 2. The number of nitro benzene ring substituents is 1. The van der Waals surface area contributed by atoms with Gasteiger partial charge in [-0.2, -0.15) is 0 Å². The van der Waals surface area contributed by atoms with Gasteiger partial charge in [0.2, 0.25) is 0 Å².